The highest BCUT2D eigenvalue weighted by molar-refractivity contribution is 7.89. The number of amides is 1. The summed E-state index contributed by atoms with van der Waals surface area (Å²) in [5.41, 5.74) is 3.48. The molecule has 0 spiro atoms. The number of fused-ring (bicyclic) bond motifs is 1. The SMILES string of the molecule is C[C@@H]1Cc2cc(-c3cc(CC(=O)NCCc4ccc(S(N)(=O)=O)cc4)no3)ccc2O1. The number of sulfonamides is 1. The minimum absolute atomic E-state index is 0.0625. The molecular weight excluding hydrogens is 418 g/mol. The quantitative estimate of drug-likeness (QED) is 0.579. The van der Waals surface area contributed by atoms with E-state index in [-0.39, 0.29) is 23.3 Å². The summed E-state index contributed by atoms with van der Waals surface area (Å²) in [6.07, 6.45) is 1.71. The summed E-state index contributed by atoms with van der Waals surface area (Å²) in [6, 6.07) is 13.9. The van der Waals surface area contributed by atoms with E-state index in [1.54, 1.807) is 18.2 Å². The molecule has 0 saturated carbocycles. The van der Waals surface area contributed by atoms with E-state index in [4.69, 9.17) is 14.4 Å². The zero-order valence-corrected chi connectivity index (χ0v) is 17.8. The van der Waals surface area contributed by atoms with Crippen molar-refractivity contribution in [1.82, 2.24) is 10.5 Å². The van der Waals surface area contributed by atoms with Crippen LogP contribution in [0.2, 0.25) is 0 Å². The fourth-order valence-corrected chi connectivity index (χ4v) is 4.04. The Morgan fingerprint density at radius 2 is 1.97 bits per heavy atom. The van der Waals surface area contributed by atoms with Crippen LogP contribution in [-0.2, 0) is 34.1 Å². The normalized spacial score (nSPS) is 15.4. The molecule has 4 rings (SSSR count). The lowest BCUT2D eigenvalue weighted by molar-refractivity contribution is -0.120. The Morgan fingerprint density at radius 1 is 1.19 bits per heavy atom. The molecule has 1 amide bonds. The van der Waals surface area contributed by atoms with Crippen molar-refractivity contribution in [3.05, 3.63) is 65.4 Å². The number of ether oxygens (including phenoxy) is 1. The van der Waals surface area contributed by atoms with Crippen molar-refractivity contribution in [2.75, 3.05) is 6.54 Å². The van der Waals surface area contributed by atoms with Crippen LogP contribution < -0.4 is 15.2 Å². The number of rotatable bonds is 7. The summed E-state index contributed by atoms with van der Waals surface area (Å²) >= 11 is 0. The highest BCUT2D eigenvalue weighted by Crippen LogP contribution is 2.33. The molecule has 3 aromatic rings. The topological polar surface area (TPSA) is 125 Å². The molecule has 3 N–H and O–H groups in total. The zero-order chi connectivity index (χ0) is 22.0. The summed E-state index contributed by atoms with van der Waals surface area (Å²) in [6.45, 7) is 2.45. The van der Waals surface area contributed by atoms with Crippen LogP contribution in [-0.4, -0.2) is 32.1 Å². The molecule has 9 heteroatoms. The molecule has 1 aliphatic heterocycles. The van der Waals surface area contributed by atoms with Gasteiger partial charge in [0.2, 0.25) is 15.9 Å². The second-order valence-corrected chi connectivity index (χ2v) is 9.16. The number of hydrogen-bond acceptors (Lipinski definition) is 6. The lowest BCUT2D eigenvalue weighted by atomic mass is 10.1. The second-order valence-electron chi connectivity index (χ2n) is 7.60. The summed E-state index contributed by atoms with van der Waals surface area (Å²) < 4.78 is 33.7. The highest BCUT2D eigenvalue weighted by atomic mass is 32.2. The fraction of sp³-hybridized carbons (Fsp3) is 0.273. The Bertz CT molecular complexity index is 1200. The van der Waals surface area contributed by atoms with Crippen molar-refractivity contribution in [1.29, 1.82) is 0 Å². The zero-order valence-electron chi connectivity index (χ0n) is 17.0. The number of benzene rings is 2. The van der Waals surface area contributed by atoms with Crippen LogP contribution in [0.4, 0.5) is 0 Å². The molecule has 1 aliphatic rings. The first kappa shape index (κ1) is 21.1. The molecule has 31 heavy (non-hydrogen) atoms. The van der Waals surface area contributed by atoms with Gasteiger partial charge in [0.05, 0.1) is 17.0 Å². The van der Waals surface area contributed by atoms with E-state index in [1.807, 2.05) is 25.1 Å². The van der Waals surface area contributed by atoms with Crippen LogP contribution in [0.25, 0.3) is 11.3 Å². The standard InChI is InChI=1S/C22H23N3O5S/c1-14-10-17-11-16(4-7-20(17)29-14)21-12-18(25-30-21)13-22(26)24-9-8-15-2-5-19(6-3-15)31(23,27)28/h2-7,11-12,14H,8-10,13H2,1H3,(H,24,26)(H2,23,27,28)/t14-/m1/s1. The van der Waals surface area contributed by atoms with E-state index in [9.17, 15) is 13.2 Å². The van der Waals surface area contributed by atoms with Crippen molar-refractivity contribution in [2.45, 2.75) is 37.2 Å². The molecule has 2 heterocycles. The van der Waals surface area contributed by atoms with E-state index < -0.39 is 10.0 Å². The Balaban J connectivity index is 1.29. The monoisotopic (exact) mass is 441 g/mol. The number of primary sulfonamides is 1. The third-order valence-corrected chi connectivity index (χ3v) is 6.00. The van der Waals surface area contributed by atoms with Crippen molar-refractivity contribution >= 4 is 15.9 Å². The Morgan fingerprint density at radius 3 is 2.71 bits per heavy atom. The van der Waals surface area contributed by atoms with E-state index in [0.29, 0.717) is 24.4 Å². The van der Waals surface area contributed by atoms with Crippen molar-refractivity contribution in [2.24, 2.45) is 5.14 Å². The fourth-order valence-electron chi connectivity index (χ4n) is 3.53. The molecule has 0 unspecified atom stereocenters. The lowest BCUT2D eigenvalue weighted by Gasteiger charge is -2.05. The van der Waals surface area contributed by atoms with Crippen LogP contribution in [0.5, 0.6) is 5.75 Å². The summed E-state index contributed by atoms with van der Waals surface area (Å²) in [4.78, 5) is 12.3. The second kappa shape index (κ2) is 8.52. The molecule has 162 valence electrons. The average Bonchev–Trinajstić information content (AvgIpc) is 3.32. The van der Waals surface area contributed by atoms with E-state index in [1.165, 1.54) is 12.1 Å². The maximum absolute atomic E-state index is 12.2. The van der Waals surface area contributed by atoms with Gasteiger partial charge in [-0.1, -0.05) is 17.3 Å². The largest absolute Gasteiger partial charge is 0.490 e. The molecule has 1 aromatic heterocycles. The maximum atomic E-state index is 12.2. The van der Waals surface area contributed by atoms with Crippen molar-refractivity contribution in [3.8, 4) is 17.1 Å². The molecule has 2 aromatic carbocycles. The number of nitrogens with zero attached hydrogens (tertiary/aromatic N) is 1. The number of carbonyl (C=O) groups excluding carboxylic acids is 1. The molecule has 8 nitrogen and oxygen atoms in total. The first-order valence-corrected chi connectivity index (χ1v) is 11.5. The smallest absolute Gasteiger partial charge is 0.238 e. The van der Waals surface area contributed by atoms with Crippen molar-refractivity contribution < 1.29 is 22.5 Å². The van der Waals surface area contributed by atoms with E-state index in [0.717, 1.165) is 28.9 Å². The number of nitrogens with one attached hydrogen (secondary N) is 1. The molecular formula is C22H23N3O5S. The van der Waals surface area contributed by atoms with Gasteiger partial charge in [0.1, 0.15) is 11.9 Å². The molecule has 0 fully saturated rings. The predicted molar refractivity (Wildman–Crippen MR) is 114 cm³/mol. The molecule has 0 radical (unpaired) electrons. The summed E-state index contributed by atoms with van der Waals surface area (Å²) in [5.74, 6) is 1.34. The van der Waals surface area contributed by atoms with Crippen LogP contribution >= 0.6 is 0 Å². The molecule has 0 bridgehead atoms. The Hall–Kier alpha value is -3.17. The van der Waals surface area contributed by atoms with Crippen LogP contribution in [0.3, 0.4) is 0 Å². The van der Waals surface area contributed by atoms with Gasteiger partial charge < -0.3 is 14.6 Å². The van der Waals surface area contributed by atoms with Gasteiger partial charge in [-0.3, -0.25) is 4.79 Å². The molecule has 0 saturated heterocycles. The van der Waals surface area contributed by atoms with E-state index >= 15 is 0 Å². The van der Waals surface area contributed by atoms with Gasteiger partial charge in [-0.05, 0) is 54.8 Å². The number of hydrogen-bond donors (Lipinski definition) is 2. The maximum Gasteiger partial charge on any atom is 0.238 e. The average molecular weight is 442 g/mol. The van der Waals surface area contributed by atoms with Gasteiger partial charge in [0, 0.05) is 24.6 Å². The first-order valence-electron chi connectivity index (χ1n) is 9.92. The minimum Gasteiger partial charge on any atom is -0.490 e. The van der Waals surface area contributed by atoms with Crippen molar-refractivity contribution in [3.63, 3.8) is 0 Å². The number of carbonyl (C=O) groups is 1. The van der Waals surface area contributed by atoms with E-state index in [2.05, 4.69) is 10.5 Å². The lowest BCUT2D eigenvalue weighted by Crippen LogP contribution is -2.27. The van der Waals surface area contributed by atoms with Gasteiger partial charge in [-0.25, -0.2) is 13.6 Å². The Labute approximate surface area is 180 Å². The molecule has 0 aliphatic carbocycles. The van der Waals surface area contributed by atoms with Gasteiger partial charge in [-0.15, -0.1) is 0 Å². The Kier molecular flexibility index (Phi) is 5.79. The van der Waals surface area contributed by atoms with Crippen LogP contribution in [0.15, 0.2) is 57.9 Å². The van der Waals surface area contributed by atoms with Gasteiger partial charge >= 0.3 is 0 Å². The third-order valence-electron chi connectivity index (χ3n) is 5.07. The highest BCUT2D eigenvalue weighted by Gasteiger charge is 2.20. The van der Waals surface area contributed by atoms with Gasteiger partial charge in [0.15, 0.2) is 5.76 Å². The van der Waals surface area contributed by atoms with Crippen LogP contribution in [0.1, 0.15) is 23.7 Å². The number of aromatic nitrogens is 1. The number of nitrogens with two attached hydrogens (primary N) is 1. The first-order chi connectivity index (χ1) is 14.8. The minimum atomic E-state index is -3.70. The van der Waals surface area contributed by atoms with Gasteiger partial charge in [-0.2, -0.15) is 0 Å². The predicted octanol–water partition coefficient (Wildman–Crippen LogP) is 2.21. The summed E-state index contributed by atoms with van der Waals surface area (Å²) in [7, 11) is -3.70. The third kappa shape index (κ3) is 5.12. The molecule has 1 atom stereocenters. The van der Waals surface area contributed by atoms with Gasteiger partial charge in [0.25, 0.3) is 0 Å². The van der Waals surface area contributed by atoms with Crippen LogP contribution in [0, 0.1) is 0 Å². The summed E-state index contributed by atoms with van der Waals surface area (Å²) in [5, 5.41) is 11.9.